The molecule has 116 valence electrons. The Labute approximate surface area is 129 Å². The maximum Gasteiger partial charge on any atom is 0.0865 e. The summed E-state index contributed by atoms with van der Waals surface area (Å²) in [5.41, 5.74) is 2.92. The third-order valence-corrected chi connectivity index (χ3v) is 4.69. The van der Waals surface area contributed by atoms with Crippen molar-refractivity contribution >= 4 is 0 Å². The van der Waals surface area contributed by atoms with Crippen LogP contribution in [0.15, 0.2) is 24.3 Å². The van der Waals surface area contributed by atoms with E-state index in [0.717, 1.165) is 25.6 Å². The fourth-order valence-corrected chi connectivity index (χ4v) is 3.38. The molecular formula is C19H29NO. The van der Waals surface area contributed by atoms with Crippen LogP contribution < -0.4 is 5.32 Å². The molecule has 1 aromatic rings. The van der Waals surface area contributed by atoms with Crippen LogP contribution in [0.5, 0.6) is 0 Å². The SMILES string of the molecule is CC(C)CNCC1CCCOC1c1cccc(C2CC2)c1. The molecule has 3 rings (SSSR count). The van der Waals surface area contributed by atoms with Gasteiger partial charge in [-0.05, 0) is 55.2 Å². The van der Waals surface area contributed by atoms with Crippen LogP contribution >= 0.6 is 0 Å². The third-order valence-electron chi connectivity index (χ3n) is 4.69. The van der Waals surface area contributed by atoms with E-state index in [1.807, 2.05) is 0 Å². The van der Waals surface area contributed by atoms with Crippen LogP contribution in [-0.4, -0.2) is 19.7 Å². The zero-order chi connectivity index (χ0) is 14.7. The second-order valence-electron chi connectivity index (χ2n) is 7.19. The van der Waals surface area contributed by atoms with Crippen molar-refractivity contribution in [2.24, 2.45) is 11.8 Å². The van der Waals surface area contributed by atoms with Crippen molar-refractivity contribution in [1.29, 1.82) is 0 Å². The highest BCUT2D eigenvalue weighted by molar-refractivity contribution is 5.31. The maximum atomic E-state index is 6.15. The molecule has 1 N–H and O–H groups in total. The second-order valence-corrected chi connectivity index (χ2v) is 7.19. The topological polar surface area (TPSA) is 21.3 Å². The van der Waals surface area contributed by atoms with Crippen molar-refractivity contribution in [3.05, 3.63) is 35.4 Å². The molecule has 1 saturated carbocycles. The molecule has 0 radical (unpaired) electrons. The molecule has 2 unspecified atom stereocenters. The van der Waals surface area contributed by atoms with Crippen molar-refractivity contribution in [3.63, 3.8) is 0 Å². The van der Waals surface area contributed by atoms with Gasteiger partial charge in [-0.3, -0.25) is 0 Å². The molecule has 21 heavy (non-hydrogen) atoms. The molecule has 1 aliphatic heterocycles. The van der Waals surface area contributed by atoms with Crippen molar-refractivity contribution < 1.29 is 4.74 Å². The average molecular weight is 287 g/mol. The predicted molar refractivity (Wildman–Crippen MR) is 87.5 cm³/mol. The van der Waals surface area contributed by atoms with E-state index in [1.54, 1.807) is 0 Å². The summed E-state index contributed by atoms with van der Waals surface area (Å²) in [4.78, 5) is 0. The lowest BCUT2D eigenvalue weighted by Crippen LogP contribution is -2.33. The Morgan fingerprint density at radius 1 is 1.19 bits per heavy atom. The van der Waals surface area contributed by atoms with E-state index < -0.39 is 0 Å². The number of benzene rings is 1. The van der Waals surface area contributed by atoms with Gasteiger partial charge >= 0.3 is 0 Å². The summed E-state index contributed by atoms with van der Waals surface area (Å²) in [6, 6.07) is 9.18. The summed E-state index contributed by atoms with van der Waals surface area (Å²) in [6.07, 6.45) is 5.51. The van der Waals surface area contributed by atoms with Crippen LogP contribution in [0.3, 0.4) is 0 Å². The lowest BCUT2D eigenvalue weighted by Gasteiger charge is -2.33. The van der Waals surface area contributed by atoms with E-state index in [-0.39, 0.29) is 6.10 Å². The normalized spacial score (nSPS) is 26.2. The van der Waals surface area contributed by atoms with Gasteiger partial charge in [0.2, 0.25) is 0 Å². The first-order valence-electron chi connectivity index (χ1n) is 8.66. The summed E-state index contributed by atoms with van der Waals surface area (Å²) in [5.74, 6) is 2.16. The third kappa shape index (κ3) is 4.08. The van der Waals surface area contributed by atoms with Crippen molar-refractivity contribution in [3.8, 4) is 0 Å². The highest BCUT2D eigenvalue weighted by Gasteiger charge is 2.29. The van der Waals surface area contributed by atoms with Crippen molar-refractivity contribution in [1.82, 2.24) is 5.32 Å². The molecule has 1 aliphatic carbocycles. The summed E-state index contributed by atoms with van der Waals surface area (Å²) in [7, 11) is 0. The smallest absolute Gasteiger partial charge is 0.0865 e. The highest BCUT2D eigenvalue weighted by Crippen LogP contribution is 2.42. The van der Waals surface area contributed by atoms with Gasteiger partial charge < -0.3 is 10.1 Å². The van der Waals surface area contributed by atoms with Crippen molar-refractivity contribution in [2.75, 3.05) is 19.7 Å². The molecule has 1 heterocycles. The Morgan fingerprint density at radius 3 is 2.76 bits per heavy atom. The van der Waals surface area contributed by atoms with Gasteiger partial charge in [-0.1, -0.05) is 38.1 Å². The molecule has 1 saturated heterocycles. The van der Waals surface area contributed by atoms with E-state index in [2.05, 4.69) is 43.4 Å². The summed E-state index contributed by atoms with van der Waals surface area (Å²) < 4.78 is 6.15. The second kappa shape index (κ2) is 6.93. The molecule has 0 aromatic heterocycles. The number of hydrogen-bond donors (Lipinski definition) is 1. The van der Waals surface area contributed by atoms with Gasteiger partial charge in [-0.15, -0.1) is 0 Å². The van der Waals surface area contributed by atoms with Gasteiger partial charge in [-0.2, -0.15) is 0 Å². The first kappa shape index (κ1) is 15.1. The Morgan fingerprint density at radius 2 is 2.00 bits per heavy atom. The molecule has 1 aromatic carbocycles. The minimum atomic E-state index is 0.289. The number of nitrogens with one attached hydrogen (secondary N) is 1. The molecular weight excluding hydrogens is 258 g/mol. The molecule has 2 nitrogen and oxygen atoms in total. The summed E-state index contributed by atoms with van der Waals surface area (Å²) in [6.45, 7) is 7.63. The molecule has 0 spiro atoms. The fourth-order valence-electron chi connectivity index (χ4n) is 3.38. The van der Waals surface area contributed by atoms with E-state index in [4.69, 9.17) is 4.74 Å². The first-order chi connectivity index (χ1) is 10.2. The Kier molecular flexibility index (Phi) is 4.97. The number of ether oxygens (including phenoxy) is 1. The van der Waals surface area contributed by atoms with Gasteiger partial charge in [0, 0.05) is 19.1 Å². The standard InChI is InChI=1S/C19H29NO/c1-14(2)12-20-13-18-7-4-10-21-19(18)17-6-3-5-16(11-17)15-8-9-15/h3,5-6,11,14-15,18-20H,4,7-10,12-13H2,1-2H3. The first-order valence-corrected chi connectivity index (χ1v) is 8.66. The van der Waals surface area contributed by atoms with E-state index in [0.29, 0.717) is 11.8 Å². The Balaban J connectivity index is 1.66. The number of rotatable bonds is 6. The fraction of sp³-hybridized carbons (Fsp3) is 0.684. The molecule has 0 amide bonds. The van der Waals surface area contributed by atoms with Gasteiger partial charge in [0.1, 0.15) is 0 Å². The molecule has 2 heteroatoms. The minimum Gasteiger partial charge on any atom is -0.373 e. The van der Waals surface area contributed by atoms with Gasteiger partial charge in [0.05, 0.1) is 6.10 Å². The lowest BCUT2D eigenvalue weighted by molar-refractivity contribution is -0.0279. The van der Waals surface area contributed by atoms with Crippen LogP contribution in [0.2, 0.25) is 0 Å². The predicted octanol–water partition coefficient (Wildman–Crippen LogP) is 4.28. The highest BCUT2D eigenvalue weighted by atomic mass is 16.5. The van der Waals surface area contributed by atoms with E-state index >= 15 is 0 Å². The van der Waals surface area contributed by atoms with Crippen LogP contribution in [-0.2, 0) is 4.74 Å². The van der Waals surface area contributed by atoms with E-state index in [1.165, 1.54) is 36.8 Å². The van der Waals surface area contributed by atoms with Crippen molar-refractivity contribution in [2.45, 2.75) is 51.6 Å². The largest absolute Gasteiger partial charge is 0.373 e. The number of hydrogen-bond acceptors (Lipinski definition) is 2. The average Bonchev–Trinajstić information content (AvgIpc) is 3.32. The summed E-state index contributed by atoms with van der Waals surface area (Å²) in [5, 5.41) is 3.62. The minimum absolute atomic E-state index is 0.289. The summed E-state index contributed by atoms with van der Waals surface area (Å²) >= 11 is 0. The molecule has 2 fully saturated rings. The monoisotopic (exact) mass is 287 g/mol. The Bertz CT molecular complexity index is 453. The van der Waals surface area contributed by atoms with Gasteiger partial charge in [-0.25, -0.2) is 0 Å². The van der Waals surface area contributed by atoms with Gasteiger partial charge in [0.25, 0.3) is 0 Å². The van der Waals surface area contributed by atoms with Crippen LogP contribution in [0.25, 0.3) is 0 Å². The zero-order valence-electron chi connectivity index (χ0n) is 13.5. The van der Waals surface area contributed by atoms with Crippen LogP contribution in [0.4, 0.5) is 0 Å². The van der Waals surface area contributed by atoms with Crippen LogP contribution in [0.1, 0.15) is 62.7 Å². The Hall–Kier alpha value is -0.860. The molecule has 0 bridgehead atoms. The maximum absolute atomic E-state index is 6.15. The molecule has 2 atom stereocenters. The van der Waals surface area contributed by atoms with E-state index in [9.17, 15) is 0 Å². The van der Waals surface area contributed by atoms with Gasteiger partial charge in [0.15, 0.2) is 0 Å². The lowest BCUT2D eigenvalue weighted by atomic mass is 9.88. The van der Waals surface area contributed by atoms with Crippen LogP contribution in [0, 0.1) is 11.8 Å². The zero-order valence-corrected chi connectivity index (χ0v) is 13.5. The quantitative estimate of drug-likeness (QED) is 0.843. The molecule has 2 aliphatic rings.